The molecule has 0 saturated carbocycles. The van der Waals surface area contributed by atoms with Gasteiger partial charge in [0.1, 0.15) is 5.82 Å². The fraction of sp³-hybridized carbons (Fsp3) is 0.222. The molecule has 26 heavy (non-hydrogen) atoms. The van der Waals surface area contributed by atoms with Crippen molar-refractivity contribution in [3.05, 3.63) is 58.1 Å². The lowest BCUT2D eigenvalue weighted by molar-refractivity contribution is -0.114. The van der Waals surface area contributed by atoms with Gasteiger partial charge in [0.05, 0.1) is 24.6 Å². The van der Waals surface area contributed by atoms with Crippen LogP contribution in [-0.4, -0.2) is 32.2 Å². The second kappa shape index (κ2) is 7.65. The Hall–Kier alpha value is -2.74. The average molecular weight is 415 g/mol. The minimum atomic E-state index is -0.162. The van der Waals surface area contributed by atoms with Crippen LogP contribution in [-0.2, 0) is 4.79 Å². The SMILES string of the molecule is Cc1cc(C)n(-c2cncc(NCC(=O)Nc3ccc(Br)c(C)c3)n2)n1. The molecule has 0 unspecified atom stereocenters. The van der Waals surface area contributed by atoms with Crippen LogP contribution in [0.5, 0.6) is 0 Å². The summed E-state index contributed by atoms with van der Waals surface area (Å²) in [6, 6.07) is 7.63. The number of hydrogen-bond acceptors (Lipinski definition) is 5. The van der Waals surface area contributed by atoms with Gasteiger partial charge in [-0.3, -0.25) is 9.78 Å². The van der Waals surface area contributed by atoms with Gasteiger partial charge in [-0.25, -0.2) is 9.67 Å². The van der Waals surface area contributed by atoms with Crippen LogP contribution in [0.2, 0.25) is 0 Å². The number of carbonyl (C=O) groups excluding carboxylic acids is 1. The molecule has 0 aliphatic heterocycles. The van der Waals surface area contributed by atoms with Gasteiger partial charge < -0.3 is 10.6 Å². The van der Waals surface area contributed by atoms with E-state index in [9.17, 15) is 4.79 Å². The Morgan fingerprint density at radius 1 is 1.19 bits per heavy atom. The second-order valence-electron chi connectivity index (χ2n) is 5.97. The van der Waals surface area contributed by atoms with E-state index in [4.69, 9.17) is 0 Å². The van der Waals surface area contributed by atoms with Crippen molar-refractivity contribution < 1.29 is 4.79 Å². The van der Waals surface area contributed by atoms with Gasteiger partial charge in [0.2, 0.25) is 5.91 Å². The van der Waals surface area contributed by atoms with Crippen molar-refractivity contribution in [1.29, 1.82) is 0 Å². The van der Waals surface area contributed by atoms with Gasteiger partial charge >= 0.3 is 0 Å². The van der Waals surface area contributed by atoms with Crippen molar-refractivity contribution >= 4 is 33.3 Å². The number of hydrogen-bond donors (Lipinski definition) is 2. The lowest BCUT2D eigenvalue weighted by Crippen LogP contribution is -2.22. The van der Waals surface area contributed by atoms with Gasteiger partial charge in [0.25, 0.3) is 0 Å². The van der Waals surface area contributed by atoms with E-state index >= 15 is 0 Å². The highest BCUT2D eigenvalue weighted by molar-refractivity contribution is 9.10. The zero-order valence-corrected chi connectivity index (χ0v) is 16.3. The van der Waals surface area contributed by atoms with Crippen molar-refractivity contribution in [2.45, 2.75) is 20.8 Å². The molecule has 3 aromatic rings. The summed E-state index contributed by atoms with van der Waals surface area (Å²) in [7, 11) is 0. The highest BCUT2D eigenvalue weighted by Gasteiger charge is 2.08. The molecule has 0 aliphatic carbocycles. The molecule has 134 valence electrons. The van der Waals surface area contributed by atoms with Gasteiger partial charge in [-0.1, -0.05) is 15.9 Å². The first-order valence-corrected chi connectivity index (χ1v) is 8.87. The number of aryl methyl sites for hydroxylation is 3. The number of aromatic nitrogens is 4. The maximum Gasteiger partial charge on any atom is 0.243 e. The van der Waals surface area contributed by atoms with Crippen molar-refractivity contribution in [2.24, 2.45) is 0 Å². The van der Waals surface area contributed by atoms with Crippen LogP contribution in [0.15, 0.2) is 41.1 Å². The summed E-state index contributed by atoms with van der Waals surface area (Å²) >= 11 is 3.44. The summed E-state index contributed by atoms with van der Waals surface area (Å²) in [5, 5.41) is 10.2. The van der Waals surface area contributed by atoms with Crippen LogP contribution >= 0.6 is 15.9 Å². The number of anilines is 2. The van der Waals surface area contributed by atoms with Crippen LogP contribution < -0.4 is 10.6 Å². The third kappa shape index (κ3) is 4.26. The molecular formula is C18H19BrN6O. The van der Waals surface area contributed by atoms with Gasteiger partial charge in [-0.15, -0.1) is 0 Å². The maximum absolute atomic E-state index is 12.1. The first kappa shape index (κ1) is 18.1. The molecule has 0 bridgehead atoms. The lowest BCUT2D eigenvalue weighted by Gasteiger charge is -2.09. The Morgan fingerprint density at radius 3 is 2.69 bits per heavy atom. The van der Waals surface area contributed by atoms with Crippen LogP contribution in [0, 0.1) is 20.8 Å². The minimum absolute atomic E-state index is 0.0877. The van der Waals surface area contributed by atoms with E-state index in [1.807, 2.05) is 45.0 Å². The Kier molecular flexibility index (Phi) is 5.32. The van der Waals surface area contributed by atoms with E-state index in [-0.39, 0.29) is 12.5 Å². The van der Waals surface area contributed by atoms with E-state index in [2.05, 4.69) is 41.6 Å². The molecule has 1 aromatic carbocycles. The fourth-order valence-electron chi connectivity index (χ4n) is 2.50. The molecule has 0 spiro atoms. The molecule has 0 fully saturated rings. The topological polar surface area (TPSA) is 84.7 Å². The lowest BCUT2D eigenvalue weighted by atomic mass is 10.2. The van der Waals surface area contributed by atoms with Gasteiger partial charge in [0.15, 0.2) is 5.82 Å². The average Bonchev–Trinajstić information content (AvgIpc) is 2.95. The molecular weight excluding hydrogens is 396 g/mol. The molecule has 8 heteroatoms. The Labute approximate surface area is 160 Å². The molecule has 2 aromatic heterocycles. The van der Waals surface area contributed by atoms with Gasteiger partial charge in [0, 0.05) is 15.9 Å². The molecule has 0 saturated heterocycles. The van der Waals surface area contributed by atoms with Gasteiger partial charge in [-0.05, 0) is 50.6 Å². The highest BCUT2D eigenvalue weighted by atomic mass is 79.9. The Balaban J connectivity index is 1.64. The van der Waals surface area contributed by atoms with Crippen LogP contribution in [0.4, 0.5) is 11.5 Å². The zero-order valence-electron chi connectivity index (χ0n) is 14.7. The monoisotopic (exact) mass is 414 g/mol. The first-order valence-electron chi connectivity index (χ1n) is 8.08. The minimum Gasteiger partial charge on any atom is -0.360 e. The predicted molar refractivity (Wildman–Crippen MR) is 105 cm³/mol. The Morgan fingerprint density at radius 2 is 2.00 bits per heavy atom. The molecule has 1 amide bonds. The quantitative estimate of drug-likeness (QED) is 0.667. The third-order valence-electron chi connectivity index (χ3n) is 3.72. The molecule has 2 N–H and O–H groups in total. The molecule has 0 atom stereocenters. The standard InChI is InChI=1S/C18H19BrN6O/c1-11-6-14(4-5-15(11)19)22-18(26)10-21-16-8-20-9-17(23-16)25-13(3)7-12(2)24-25/h4-9H,10H2,1-3H3,(H,21,23)(H,22,26). The zero-order chi connectivity index (χ0) is 18.7. The largest absolute Gasteiger partial charge is 0.360 e. The van der Waals surface area contributed by atoms with E-state index in [0.717, 1.165) is 27.1 Å². The van der Waals surface area contributed by atoms with E-state index in [0.29, 0.717) is 11.6 Å². The van der Waals surface area contributed by atoms with Gasteiger partial charge in [-0.2, -0.15) is 5.10 Å². The predicted octanol–water partition coefficient (Wildman–Crippen LogP) is 3.40. The maximum atomic E-state index is 12.1. The van der Waals surface area contributed by atoms with E-state index in [1.165, 1.54) is 0 Å². The number of amides is 1. The van der Waals surface area contributed by atoms with Crippen molar-refractivity contribution in [2.75, 3.05) is 17.2 Å². The summed E-state index contributed by atoms with van der Waals surface area (Å²) in [5.41, 5.74) is 3.68. The number of nitrogens with one attached hydrogen (secondary N) is 2. The second-order valence-corrected chi connectivity index (χ2v) is 6.82. The highest BCUT2D eigenvalue weighted by Crippen LogP contribution is 2.20. The molecule has 2 heterocycles. The van der Waals surface area contributed by atoms with Crippen LogP contribution in [0.3, 0.4) is 0 Å². The molecule has 7 nitrogen and oxygen atoms in total. The summed E-state index contributed by atoms with van der Waals surface area (Å²) in [4.78, 5) is 20.8. The summed E-state index contributed by atoms with van der Waals surface area (Å²) in [6.45, 7) is 5.94. The fourth-order valence-corrected chi connectivity index (χ4v) is 2.75. The van der Waals surface area contributed by atoms with Crippen LogP contribution in [0.25, 0.3) is 5.82 Å². The summed E-state index contributed by atoms with van der Waals surface area (Å²) in [5.74, 6) is 0.951. The number of benzene rings is 1. The van der Waals surface area contributed by atoms with Crippen molar-refractivity contribution in [3.63, 3.8) is 0 Å². The molecule has 3 rings (SSSR count). The number of halogens is 1. The van der Waals surface area contributed by atoms with Crippen molar-refractivity contribution in [3.8, 4) is 5.82 Å². The molecule has 0 radical (unpaired) electrons. The normalized spacial score (nSPS) is 10.6. The summed E-state index contributed by atoms with van der Waals surface area (Å²) in [6.07, 6.45) is 3.21. The Bertz CT molecular complexity index is 953. The third-order valence-corrected chi connectivity index (χ3v) is 4.61. The van der Waals surface area contributed by atoms with E-state index < -0.39 is 0 Å². The number of nitrogens with zero attached hydrogens (tertiary/aromatic N) is 4. The smallest absolute Gasteiger partial charge is 0.243 e. The van der Waals surface area contributed by atoms with Crippen LogP contribution in [0.1, 0.15) is 17.0 Å². The molecule has 0 aliphatic rings. The summed E-state index contributed by atoms with van der Waals surface area (Å²) < 4.78 is 2.72. The number of rotatable bonds is 5. The van der Waals surface area contributed by atoms with E-state index in [1.54, 1.807) is 17.1 Å². The van der Waals surface area contributed by atoms with Crippen molar-refractivity contribution in [1.82, 2.24) is 19.7 Å². The first-order chi connectivity index (χ1) is 12.4. The number of carbonyl (C=O) groups is 1.